The van der Waals surface area contributed by atoms with Gasteiger partial charge in [0.1, 0.15) is 11.1 Å². The molecule has 1 aliphatic rings. The summed E-state index contributed by atoms with van der Waals surface area (Å²) >= 11 is 1.43. The van der Waals surface area contributed by atoms with Gasteiger partial charge in [-0.05, 0) is 49.4 Å². The van der Waals surface area contributed by atoms with Gasteiger partial charge in [0.05, 0.1) is 10.8 Å². The fourth-order valence-corrected chi connectivity index (χ4v) is 4.50. The van der Waals surface area contributed by atoms with Crippen LogP contribution in [0.1, 0.15) is 49.9 Å². The zero-order valence-corrected chi connectivity index (χ0v) is 16.8. The zero-order valence-electron chi connectivity index (χ0n) is 15.9. The van der Waals surface area contributed by atoms with Crippen LogP contribution in [0, 0.1) is 11.3 Å². The molecule has 4 nitrogen and oxygen atoms in total. The number of para-hydroxylation sites is 1. The molecular formula is C22H25N3OS. The Morgan fingerprint density at radius 2 is 2.11 bits per heavy atom. The Morgan fingerprint density at radius 1 is 1.30 bits per heavy atom. The first kappa shape index (κ1) is 19.4. The molecule has 1 amide bonds. The van der Waals surface area contributed by atoms with Crippen molar-refractivity contribution in [3.63, 3.8) is 0 Å². The van der Waals surface area contributed by atoms with Crippen LogP contribution in [0.25, 0.3) is 0 Å². The summed E-state index contributed by atoms with van der Waals surface area (Å²) in [5.74, 6) is 0.112. The fraction of sp³-hybridized carbons (Fsp3) is 0.409. The number of nitrogens with zero attached hydrogens (tertiary/aromatic N) is 3. The Balaban J connectivity index is 1.85. The van der Waals surface area contributed by atoms with Gasteiger partial charge in [0.25, 0.3) is 0 Å². The van der Waals surface area contributed by atoms with Crippen LogP contribution in [-0.4, -0.2) is 22.7 Å². The number of thioether (sulfide) groups is 1. The van der Waals surface area contributed by atoms with Gasteiger partial charge in [-0.25, -0.2) is 4.98 Å². The summed E-state index contributed by atoms with van der Waals surface area (Å²) in [4.78, 5) is 19.9. The van der Waals surface area contributed by atoms with Crippen molar-refractivity contribution in [1.82, 2.24) is 4.98 Å². The largest absolute Gasteiger partial charge is 0.311 e. The Kier molecular flexibility index (Phi) is 6.52. The van der Waals surface area contributed by atoms with Crippen molar-refractivity contribution in [3.8, 4) is 6.07 Å². The summed E-state index contributed by atoms with van der Waals surface area (Å²) in [6.07, 6.45) is 4.58. The monoisotopic (exact) mass is 379 g/mol. The van der Waals surface area contributed by atoms with Crippen molar-refractivity contribution in [3.05, 3.63) is 53.2 Å². The molecule has 2 heterocycles. The number of anilines is 1. The number of aryl methyl sites for hydroxylation is 2. The summed E-state index contributed by atoms with van der Waals surface area (Å²) < 4.78 is 0. The van der Waals surface area contributed by atoms with Gasteiger partial charge in [0, 0.05) is 17.9 Å². The molecule has 27 heavy (non-hydrogen) atoms. The number of carbonyl (C=O) groups is 1. The van der Waals surface area contributed by atoms with Gasteiger partial charge in [-0.15, -0.1) is 0 Å². The SMILES string of the molecule is CCCc1ccc(C#N)c(SC(CC)C(=O)N2CCCc3ccccc32)n1. The van der Waals surface area contributed by atoms with Gasteiger partial charge in [-0.3, -0.25) is 4.79 Å². The van der Waals surface area contributed by atoms with E-state index >= 15 is 0 Å². The molecule has 0 N–H and O–H groups in total. The van der Waals surface area contributed by atoms with Crippen LogP contribution >= 0.6 is 11.8 Å². The Labute approximate surface area is 165 Å². The molecular weight excluding hydrogens is 354 g/mol. The second kappa shape index (κ2) is 9.05. The molecule has 0 radical (unpaired) electrons. The van der Waals surface area contributed by atoms with E-state index in [1.807, 2.05) is 42.2 Å². The number of carbonyl (C=O) groups excluding carboxylic acids is 1. The van der Waals surface area contributed by atoms with Gasteiger partial charge in [0.2, 0.25) is 5.91 Å². The van der Waals surface area contributed by atoms with Gasteiger partial charge in [-0.1, -0.05) is 50.2 Å². The number of pyridine rings is 1. The molecule has 3 rings (SSSR count). The van der Waals surface area contributed by atoms with Crippen molar-refractivity contribution >= 4 is 23.4 Å². The zero-order chi connectivity index (χ0) is 19.2. The van der Waals surface area contributed by atoms with E-state index in [0.717, 1.165) is 43.6 Å². The maximum absolute atomic E-state index is 13.3. The van der Waals surface area contributed by atoms with Gasteiger partial charge >= 0.3 is 0 Å². The number of rotatable bonds is 6. The Hall–Kier alpha value is -2.32. The van der Waals surface area contributed by atoms with Crippen molar-refractivity contribution < 1.29 is 4.79 Å². The van der Waals surface area contributed by atoms with E-state index in [0.29, 0.717) is 17.0 Å². The minimum atomic E-state index is -0.243. The number of amides is 1. The smallest absolute Gasteiger partial charge is 0.240 e. The van der Waals surface area contributed by atoms with E-state index < -0.39 is 0 Å². The van der Waals surface area contributed by atoms with Crippen molar-refractivity contribution in [1.29, 1.82) is 5.26 Å². The van der Waals surface area contributed by atoms with Crippen LogP contribution in [0.5, 0.6) is 0 Å². The fourth-order valence-electron chi connectivity index (χ4n) is 3.43. The summed E-state index contributed by atoms with van der Waals surface area (Å²) in [6, 6.07) is 14.1. The van der Waals surface area contributed by atoms with Crippen LogP contribution in [0.3, 0.4) is 0 Å². The van der Waals surface area contributed by atoms with E-state index in [4.69, 9.17) is 0 Å². The number of hydrogen-bond acceptors (Lipinski definition) is 4. The summed E-state index contributed by atoms with van der Waals surface area (Å²) in [5.41, 5.74) is 3.79. The first-order valence-electron chi connectivity index (χ1n) is 9.63. The first-order valence-corrected chi connectivity index (χ1v) is 10.5. The van der Waals surface area contributed by atoms with Crippen LogP contribution in [0.4, 0.5) is 5.69 Å². The topological polar surface area (TPSA) is 57.0 Å². The number of aromatic nitrogens is 1. The lowest BCUT2D eigenvalue weighted by Gasteiger charge is -2.32. The van der Waals surface area contributed by atoms with E-state index in [9.17, 15) is 10.1 Å². The maximum Gasteiger partial charge on any atom is 0.240 e. The molecule has 0 saturated carbocycles. The van der Waals surface area contributed by atoms with Crippen LogP contribution in [0.2, 0.25) is 0 Å². The molecule has 0 spiro atoms. The van der Waals surface area contributed by atoms with Crippen LogP contribution in [-0.2, 0) is 17.6 Å². The molecule has 140 valence electrons. The van der Waals surface area contributed by atoms with Gasteiger partial charge in [-0.2, -0.15) is 5.26 Å². The van der Waals surface area contributed by atoms with Crippen LogP contribution in [0.15, 0.2) is 41.4 Å². The Bertz CT molecular complexity index is 859. The first-order chi connectivity index (χ1) is 13.2. The van der Waals surface area contributed by atoms with Crippen molar-refractivity contribution in [2.24, 2.45) is 0 Å². The quantitative estimate of drug-likeness (QED) is 0.679. The number of fused-ring (bicyclic) bond motifs is 1. The molecule has 1 aromatic heterocycles. The van der Waals surface area contributed by atoms with E-state index in [1.54, 1.807) is 0 Å². The standard InChI is InChI=1S/C22H25N3OS/c1-3-8-18-13-12-17(15-23)21(24-18)27-20(4-2)22(26)25-14-7-10-16-9-5-6-11-19(16)25/h5-6,9,11-13,20H,3-4,7-8,10,14H2,1-2H3. The molecule has 5 heteroatoms. The van der Waals surface area contributed by atoms with Crippen molar-refractivity contribution in [2.75, 3.05) is 11.4 Å². The molecule has 1 unspecified atom stereocenters. The lowest BCUT2D eigenvalue weighted by atomic mass is 10.0. The normalized spacial score (nSPS) is 14.3. The van der Waals surface area contributed by atoms with Crippen molar-refractivity contribution in [2.45, 2.75) is 56.2 Å². The van der Waals surface area contributed by atoms with Gasteiger partial charge in [0.15, 0.2) is 0 Å². The predicted octanol–water partition coefficient (Wildman–Crippen LogP) is 4.76. The second-order valence-corrected chi connectivity index (χ2v) is 7.95. The average molecular weight is 380 g/mol. The molecule has 1 aliphatic heterocycles. The third-order valence-corrected chi connectivity index (χ3v) is 6.17. The summed E-state index contributed by atoms with van der Waals surface area (Å²) in [5, 5.41) is 9.88. The van der Waals surface area contributed by atoms with Gasteiger partial charge < -0.3 is 4.90 Å². The maximum atomic E-state index is 13.3. The third-order valence-electron chi connectivity index (χ3n) is 4.82. The molecule has 1 atom stereocenters. The highest BCUT2D eigenvalue weighted by Gasteiger charge is 2.29. The van der Waals surface area contributed by atoms with E-state index in [-0.39, 0.29) is 11.2 Å². The number of nitriles is 1. The average Bonchev–Trinajstić information content (AvgIpc) is 2.71. The molecule has 0 fully saturated rings. The molecule has 0 bridgehead atoms. The predicted molar refractivity (Wildman–Crippen MR) is 110 cm³/mol. The number of hydrogen-bond donors (Lipinski definition) is 0. The second-order valence-electron chi connectivity index (χ2n) is 6.75. The Morgan fingerprint density at radius 3 is 2.85 bits per heavy atom. The van der Waals surface area contributed by atoms with E-state index in [2.05, 4.69) is 24.0 Å². The lowest BCUT2D eigenvalue weighted by molar-refractivity contribution is -0.118. The minimum absolute atomic E-state index is 0.112. The highest BCUT2D eigenvalue weighted by molar-refractivity contribution is 8.00. The molecule has 2 aromatic rings. The highest BCUT2D eigenvalue weighted by atomic mass is 32.2. The third kappa shape index (κ3) is 4.33. The lowest BCUT2D eigenvalue weighted by Crippen LogP contribution is -2.40. The summed E-state index contributed by atoms with van der Waals surface area (Å²) in [7, 11) is 0. The molecule has 0 saturated heterocycles. The number of benzene rings is 1. The van der Waals surface area contributed by atoms with E-state index in [1.165, 1.54) is 17.3 Å². The minimum Gasteiger partial charge on any atom is -0.311 e. The highest BCUT2D eigenvalue weighted by Crippen LogP contribution is 2.33. The molecule has 0 aliphatic carbocycles. The summed E-state index contributed by atoms with van der Waals surface area (Å²) in [6.45, 7) is 4.88. The van der Waals surface area contributed by atoms with Crippen LogP contribution < -0.4 is 4.90 Å². The molecule has 1 aromatic carbocycles.